The number of rotatable bonds is 6. The zero-order valence-electron chi connectivity index (χ0n) is 18.9. The van der Waals surface area contributed by atoms with E-state index in [0.29, 0.717) is 47.5 Å². The second kappa shape index (κ2) is 9.49. The highest BCUT2D eigenvalue weighted by molar-refractivity contribution is 7.15. The highest BCUT2D eigenvalue weighted by Crippen LogP contribution is 2.33. The predicted molar refractivity (Wildman–Crippen MR) is 125 cm³/mol. The molecule has 0 aliphatic carbocycles. The van der Waals surface area contributed by atoms with Crippen molar-refractivity contribution in [3.05, 3.63) is 40.5 Å². The summed E-state index contributed by atoms with van der Waals surface area (Å²) >= 11 is 1.38. The van der Waals surface area contributed by atoms with Gasteiger partial charge in [-0.1, -0.05) is 11.3 Å². The summed E-state index contributed by atoms with van der Waals surface area (Å²) in [5.74, 6) is 1.15. The molecular weight excluding hydrogens is 444 g/mol. The molecule has 33 heavy (non-hydrogen) atoms. The summed E-state index contributed by atoms with van der Waals surface area (Å²) in [6.07, 6.45) is 0.621. The summed E-state index contributed by atoms with van der Waals surface area (Å²) in [6, 6.07) is 6.87. The van der Waals surface area contributed by atoms with Gasteiger partial charge in [0.2, 0.25) is 0 Å². The molecule has 174 valence electrons. The van der Waals surface area contributed by atoms with Gasteiger partial charge in [-0.3, -0.25) is 15.2 Å². The Morgan fingerprint density at radius 3 is 2.76 bits per heavy atom. The molecule has 3 aromatic rings. The van der Waals surface area contributed by atoms with Crippen molar-refractivity contribution in [2.24, 2.45) is 0 Å². The number of hydrogen-bond acceptors (Lipinski definition) is 7. The van der Waals surface area contributed by atoms with Gasteiger partial charge < -0.3 is 19.7 Å². The number of methoxy groups -OCH3 is 2. The van der Waals surface area contributed by atoms with Gasteiger partial charge in [0, 0.05) is 29.4 Å². The highest BCUT2D eigenvalue weighted by atomic mass is 32.1. The minimum Gasteiger partial charge on any atom is -0.497 e. The lowest BCUT2D eigenvalue weighted by Crippen LogP contribution is -2.35. The van der Waals surface area contributed by atoms with Crippen LogP contribution < -0.4 is 20.1 Å². The van der Waals surface area contributed by atoms with Gasteiger partial charge in [-0.05, 0) is 38.1 Å². The summed E-state index contributed by atoms with van der Waals surface area (Å²) in [7, 11) is 3.17. The largest absolute Gasteiger partial charge is 0.497 e. The molecule has 11 heteroatoms. The van der Waals surface area contributed by atoms with Crippen LogP contribution in [-0.2, 0) is 13.0 Å². The average molecular weight is 471 g/mol. The third kappa shape index (κ3) is 4.92. The minimum atomic E-state index is -0.290. The second-order valence-corrected chi connectivity index (χ2v) is 8.94. The Bertz CT molecular complexity index is 1170. The molecule has 0 unspecified atom stereocenters. The lowest BCUT2D eigenvalue weighted by molar-refractivity contribution is 0.0730. The lowest BCUT2D eigenvalue weighted by atomic mass is 10.1. The van der Waals surface area contributed by atoms with Crippen molar-refractivity contribution in [3.63, 3.8) is 0 Å². The number of hydrogen-bond donors (Lipinski definition) is 3. The van der Waals surface area contributed by atoms with Crippen LogP contribution >= 0.6 is 11.3 Å². The molecule has 1 aliphatic heterocycles. The van der Waals surface area contributed by atoms with Crippen molar-refractivity contribution in [2.45, 2.75) is 32.9 Å². The van der Waals surface area contributed by atoms with Crippen molar-refractivity contribution in [1.82, 2.24) is 25.4 Å². The maximum Gasteiger partial charge on any atom is 0.321 e. The Hall–Kier alpha value is -3.60. The molecule has 3 N–H and O–H groups in total. The number of benzene rings is 1. The number of nitrogens with one attached hydrogen (secondary N) is 3. The number of aromatic nitrogens is 3. The molecule has 0 saturated carbocycles. The predicted octanol–water partition coefficient (Wildman–Crippen LogP) is 3.28. The quantitative estimate of drug-likeness (QED) is 0.508. The Kier molecular flexibility index (Phi) is 6.50. The number of urea groups is 1. The van der Waals surface area contributed by atoms with Gasteiger partial charge >= 0.3 is 6.03 Å². The van der Waals surface area contributed by atoms with Gasteiger partial charge in [0.05, 0.1) is 32.2 Å². The van der Waals surface area contributed by atoms with Crippen molar-refractivity contribution in [2.75, 3.05) is 26.1 Å². The third-order valence-corrected chi connectivity index (χ3v) is 6.15. The Balaban J connectivity index is 1.48. The molecule has 4 rings (SSSR count). The number of carbonyl (C=O) groups is 2. The fourth-order valence-corrected chi connectivity index (χ4v) is 4.59. The van der Waals surface area contributed by atoms with Gasteiger partial charge in [-0.25, -0.2) is 9.78 Å². The number of H-pyrrole nitrogens is 1. The molecule has 0 bridgehead atoms. The minimum absolute atomic E-state index is 0.0314. The Morgan fingerprint density at radius 2 is 2.03 bits per heavy atom. The SMILES string of the molecule is COc1ccc(OC)c(-c2cc(C(=O)N3CCc4nc(NC(=O)NC(C)C)sc4C3)[nH]n2)c1. The van der Waals surface area contributed by atoms with Crippen LogP contribution in [-0.4, -0.2) is 58.8 Å². The highest BCUT2D eigenvalue weighted by Gasteiger charge is 2.27. The number of ether oxygens (including phenoxy) is 2. The molecule has 0 fully saturated rings. The summed E-state index contributed by atoms with van der Waals surface area (Å²) in [4.78, 5) is 32.3. The molecule has 3 heterocycles. The number of nitrogens with zero attached hydrogens (tertiary/aromatic N) is 3. The zero-order valence-corrected chi connectivity index (χ0v) is 19.7. The Labute approximate surface area is 195 Å². The van der Waals surface area contributed by atoms with Gasteiger partial charge in [0.1, 0.15) is 17.2 Å². The zero-order chi connectivity index (χ0) is 23.5. The molecule has 2 aromatic heterocycles. The van der Waals surface area contributed by atoms with Crippen LogP contribution in [0.1, 0.15) is 34.9 Å². The van der Waals surface area contributed by atoms with Crippen molar-refractivity contribution in [1.29, 1.82) is 0 Å². The van der Waals surface area contributed by atoms with E-state index in [4.69, 9.17) is 9.47 Å². The summed E-state index contributed by atoms with van der Waals surface area (Å²) in [6.45, 7) is 4.74. The Morgan fingerprint density at radius 1 is 1.21 bits per heavy atom. The van der Waals surface area contributed by atoms with E-state index in [0.717, 1.165) is 16.1 Å². The standard InChI is InChI=1S/C22H26N6O4S/c1-12(2)23-21(30)25-22-24-15-7-8-28(11-19(15)33-22)20(29)17-10-16(26-27-17)14-9-13(31-3)5-6-18(14)32-4/h5-6,9-10,12H,7-8,11H2,1-4H3,(H,26,27)(H2,23,24,25,30). The normalized spacial score (nSPS) is 12.9. The summed E-state index contributed by atoms with van der Waals surface area (Å²) < 4.78 is 10.7. The van der Waals surface area contributed by atoms with E-state index in [2.05, 4.69) is 25.8 Å². The first-order chi connectivity index (χ1) is 15.9. The first kappa shape index (κ1) is 22.6. The average Bonchev–Trinajstić information content (AvgIpc) is 3.43. The van der Waals surface area contributed by atoms with Crippen LogP contribution in [0.2, 0.25) is 0 Å². The molecule has 10 nitrogen and oxygen atoms in total. The number of thiazole rings is 1. The van der Waals surface area contributed by atoms with Crippen molar-refractivity contribution >= 4 is 28.4 Å². The fourth-order valence-electron chi connectivity index (χ4n) is 3.57. The van der Waals surface area contributed by atoms with E-state index in [1.807, 2.05) is 19.9 Å². The van der Waals surface area contributed by atoms with Crippen LogP contribution in [0.4, 0.5) is 9.93 Å². The number of aromatic amines is 1. The number of amides is 3. The van der Waals surface area contributed by atoms with Gasteiger partial charge in [0.15, 0.2) is 5.13 Å². The molecule has 0 atom stereocenters. The monoisotopic (exact) mass is 470 g/mol. The van der Waals surface area contributed by atoms with Crippen molar-refractivity contribution in [3.8, 4) is 22.8 Å². The first-order valence-corrected chi connectivity index (χ1v) is 11.3. The van der Waals surface area contributed by atoms with Crippen LogP contribution in [0.15, 0.2) is 24.3 Å². The molecule has 3 amide bonds. The maximum absolute atomic E-state index is 13.1. The molecule has 1 aromatic carbocycles. The third-order valence-electron chi connectivity index (χ3n) is 5.15. The van der Waals surface area contributed by atoms with Gasteiger partial charge in [-0.15, -0.1) is 0 Å². The van der Waals surface area contributed by atoms with Gasteiger partial charge in [0.25, 0.3) is 5.91 Å². The number of carbonyl (C=O) groups excluding carboxylic acids is 2. The molecule has 0 radical (unpaired) electrons. The molecule has 0 saturated heterocycles. The van der Waals surface area contributed by atoms with Crippen molar-refractivity contribution < 1.29 is 19.1 Å². The topological polar surface area (TPSA) is 121 Å². The summed E-state index contributed by atoms with van der Waals surface area (Å²) in [5, 5.41) is 13.2. The number of anilines is 1. The van der Waals surface area contributed by atoms with Crippen LogP contribution in [0.25, 0.3) is 11.3 Å². The van der Waals surface area contributed by atoms with E-state index < -0.39 is 0 Å². The fraction of sp³-hybridized carbons (Fsp3) is 0.364. The molecule has 1 aliphatic rings. The summed E-state index contributed by atoms with van der Waals surface area (Å²) in [5.41, 5.74) is 2.62. The second-order valence-electron chi connectivity index (χ2n) is 7.85. The van der Waals surface area contributed by atoms with E-state index in [1.165, 1.54) is 11.3 Å². The van der Waals surface area contributed by atoms with Gasteiger partial charge in [-0.2, -0.15) is 5.10 Å². The maximum atomic E-state index is 13.1. The lowest BCUT2D eigenvalue weighted by Gasteiger charge is -2.25. The molecular formula is C22H26N6O4S. The molecule has 0 spiro atoms. The number of fused-ring (bicyclic) bond motifs is 1. The smallest absolute Gasteiger partial charge is 0.321 e. The van der Waals surface area contributed by atoms with E-state index in [-0.39, 0.29) is 18.0 Å². The van der Waals surface area contributed by atoms with E-state index in [9.17, 15) is 9.59 Å². The van der Waals surface area contributed by atoms with E-state index in [1.54, 1.807) is 37.3 Å². The van der Waals surface area contributed by atoms with Crippen LogP contribution in [0, 0.1) is 0 Å². The first-order valence-electron chi connectivity index (χ1n) is 10.5. The van der Waals surface area contributed by atoms with E-state index >= 15 is 0 Å². The van der Waals surface area contributed by atoms with Crippen LogP contribution in [0.3, 0.4) is 0 Å². The van der Waals surface area contributed by atoms with Crippen LogP contribution in [0.5, 0.6) is 11.5 Å².